The van der Waals surface area contributed by atoms with E-state index < -0.39 is 5.25 Å². The van der Waals surface area contributed by atoms with Crippen molar-refractivity contribution in [2.75, 3.05) is 7.11 Å². The van der Waals surface area contributed by atoms with Crippen LogP contribution in [0.5, 0.6) is 5.75 Å². The van der Waals surface area contributed by atoms with Gasteiger partial charge in [-0.3, -0.25) is 0 Å². The minimum absolute atomic E-state index is 0.295. The Balaban J connectivity index is 2.03. The number of ether oxygens (including phenoxy) is 1. The van der Waals surface area contributed by atoms with Gasteiger partial charge in [-0.15, -0.1) is 0 Å². The van der Waals surface area contributed by atoms with Crippen LogP contribution in [-0.4, -0.2) is 12.4 Å². The zero-order valence-electron chi connectivity index (χ0n) is 10.5. The molecular formula is C15H14F2OS. The molecule has 0 aliphatic rings. The molecule has 0 heterocycles. The van der Waals surface area contributed by atoms with Crippen molar-refractivity contribution in [3.8, 4) is 5.75 Å². The zero-order chi connectivity index (χ0) is 13.7. The van der Waals surface area contributed by atoms with Crippen molar-refractivity contribution in [1.82, 2.24) is 0 Å². The molecule has 0 aliphatic heterocycles. The van der Waals surface area contributed by atoms with Gasteiger partial charge in [0.05, 0.1) is 7.11 Å². The van der Waals surface area contributed by atoms with Gasteiger partial charge in [-0.25, -0.2) is 0 Å². The highest BCUT2D eigenvalue weighted by molar-refractivity contribution is 8.00. The second-order valence-electron chi connectivity index (χ2n) is 4.08. The molecule has 2 aromatic carbocycles. The number of alkyl halides is 2. The number of methoxy groups -OCH3 is 1. The summed E-state index contributed by atoms with van der Waals surface area (Å²) in [4.78, 5) is 0.570. The minimum atomic E-state index is -2.82. The fourth-order valence-corrected chi connectivity index (χ4v) is 2.55. The maximum Gasteiger partial charge on any atom is 0.302 e. The molecule has 0 amide bonds. The Morgan fingerprint density at radius 1 is 1.00 bits per heavy atom. The molecule has 1 nitrogen and oxygen atoms in total. The summed E-state index contributed by atoms with van der Waals surface area (Å²) in [5, 5.41) is -2.82. The maximum absolute atomic E-state index is 13.9. The summed E-state index contributed by atoms with van der Waals surface area (Å²) in [6.07, 6.45) is -0.295. The van der Waals surface area contributed by atoms with Crippen LogP contribution >= 0.6 is 11.8 Å². The summed E-state index contributed by atoms with van der Waals surface area (Å²) in [6, 6.07) is 15.4. The monoisotopic (exact) mass is 280 g/mol. The van der Waals surface area contributed by atoms with E-state index in [0.29, 0.717) is 28.0 Å². The average molecular weight is 280 g/mol. The molecule has 0 aliphatic carbocycles. The Hall–Kier alpha value is -1.55. The highest BCUT2D eigenvalue weighted by Gasteiger charge is 2.30. The van der Waals surface area contributed by atoms with Gasteiger partial charge in [-0.1, -0.05) is 42.1 Å². The van der Waals surface area contributed by atoms with Crippen molar-refractivity contribution in [2.24, 2.45) is 0 Å². The lowest BCUT2D eigenvalue weighted by molar-refractivity contribution is 0.106. The van der Waals surface area contributed by atoms with Crippen LogP contribution in [0.4, 0.5) is 8.78 Å². The maximum atomic E-state index is 13.9. The highest BCUT2D eigenvalue weighted by Crippen LogP contribution is 2.38. The Kier molecular flexibility index (Phi) is 4.43. The summed E-state index contributed by atoms with van der Waals surface area (Å²) in [5.74, 6) is 0.669. The van der Waals surface area contributed by atoms with E-state index in [1.54, 1.807) is 55.6 Å². The van der Waals surface area contributed by atoms with Gasteiger partial charge in [0.15, 0.2) is 0 Å². The van der Waals surface area contributed by atoms with Crippen LogP contribution in [0.3, 0.4) is 0 Å². The predicted molar refractivity (Wildman–Crippen MR) is 73.9 cm³/mol. The first-order chi connectivity index (χ1) is 9.09. The second-order valence-corrected chi connectivity index (χ2v) is 5.35. The SMILES string of the molecule is COc1ccc(CC(F)(F)Sc2ccccc2)cc1. The van der Waals surface area contributed by atoms with Crippen LogP contribution in [0.1, 0.15) is 5.56 Å². The molecule has 0 saturated heterocycles. The number of hydrogen-bond acceptors (Lipinski definition) is 2. The lowest BCUT2D eigenvalue weighted by Crippen LogP contribution is -2.14. The molecule has 0 spiro atoms. The standard InChI is InChI=1S/C15H14F2OS/c1-18-13-9-7-12(8-10-13)11-15(16,17)19-14-5-3-2-4-6-14/h2-10H,11H2,1H3. The van der Waals surface area contributed by atoms with Crippen LogP contribution in [-0.2, 0) is 6.42 Å². The van der Waals surface area contributed by atoms with Gasteiger partial charge in [0.1, 0.15) is 5.75 Å². The molecule has 0 bridgehead atoms. The van der Waals surface area contributed by atoms with Gasteiger partial charge in [-0.2, -0.15) is 8.78 Å². The molecule has 0 fully saturated rings. The fourth-order valence-electron chi connectivity index (χ4n) is 1.68. The largest absolute Gasteiger partial charge is 0.497 e. The summed E-state index contributed by atoms with van der Waals surface area (Å²) in [7, 11) is 1.55. The van der Waals surface area contributed by atoms with Crippen molar-refractivity contribution in [2.45, 2.75) is 16.6 Å². The molecule has 0 N–H and O–H groups in total. The quantitative estimate of drug-likeness (QED) is 0.739. The molecule has 0 atom stereocenters. The number of rotatable bonds is 5. The van der Waals surface area contributed by atoms with Crippen molar-refractivity contribution >= 4 is 11.8 Å². The van der Waals surface area contributed by atoms with E-state index in [9.17, 15) is 8.78 Å². The first-order valence-electron chi connectivity index (χ1n) is 5.84. The fraction of sp³-hybridized carbons (Fsp3) is 0.200. The van der Waals surface area contributed by atoms with E-state index in [-0.39, 0.29) is 6.42 Å². The second kappa shape index (κ2) is 6.06. The molecule has 2 rings (SSSR count). The molecule has 4 heteroatoms. The normalized spacial score (nSPS) is 11.3. The number of hydrogen-bond donors (Lipinski definition) is 0. The Morgan fingerprint density at radius 3 is 2.21 bits per heavy atom. The Labute approximate surface area is 115 Å². The van der Waals surface area contributed by atoms with Crippen LogP contribution in [0.15, 0.2) is 59.5 Å². The van der Waals surface area contributed by atoms with Crippen LogP contribution in [0.25, 0.3) is 0 Å². The highest BCUT2D eigenvalue weighted by atomic mass is 32.2. The van der Waals surface area contributed by atoms with Gasteiger partial charge in [0.25, 0.3) is 0 Å². The van der Waals surface area contributed by atoms with E-state index in [1.807, 2.05) is 6.07 Å². The van der Waals surface area contributed by atoms with Crippen molar-refractivity contribution in [3.63, 3.8) is 0 Å². The number of halogens is 2. The summed E-state index contributed by atoms with van der Waals surface area (Å²) in [5.41, 5.74) is 0.592. The van der Waals surface area contributed by atoms with Gasteiger partial charge in [0, 0.05) is 11.3 Å². The lowest BCUT2D eigenvalue weighted by atomic mass is 10.1. The van der Waals surface area contributed by atoms with Gasteiger partial charge < -0.3 is 4.74 Å². The van der Waals surface area contributed by atoms with Crippen molar-refractivity contribution in [3.05, 3.63) is 60.2 Å². The van der Waals surface area contributed by atoms with Gasteiger partial charge in [0.2, 0.25) is 0 Å². The van der Waals surface area contributed by atoms with E-state index in [2.05, 4.69) is 0 Å². The van der Waals surface area contributed by atoms with E-state index in [4.69, 9.17) is 4.74 Å². The third-order valence-electron chi connectivity index (χ3n) is 2.58. The zero-order valence-corrected chi connectivity index (χ0v) is 11.3. The molecule has 0 unspecified atom stereocenters. The number of benzene rings is 2. The van der Waals surface area contributed by atoms with Crippen molar-refractivity contribution in [1.29, 1.82) is 0 Å². The average Bonchev–Trinajstić information content (AvgIpc) is 2.39. The third kappa shape index (κ3) is 4.24. The molecule has 19 heavy (non-hydrogen) atoms. The summed E-state index contributed by atoms with van der Waals surface area (Å²) in [6.45, 7) is 0. The Morgan fingerprint density at radius 2 is 1.63 bits per heavy atom. The first kappa shape index (κ1) is 13.9. The first-order valence-corrected chi connectivity index (χ1v) is 6.65. The third-order valence-corrected chi connectivity index (χ3v) is 3.53. The van der Waals surface area contributed by atoms with E-state index in [1.165, 1.54) is 0 Å². The van der Waals surface area contributed by atoms with E-state index >= 15 is 0 Å². The lowest BCUT2D eigenvalue weighted by Gasteiger charge is -2.16. The van der Waals surface area contributed by atoms with Crippen LogP contribution in [0.2, 0.25) is 0 Å². The Bertz CT molecular complexity index is 511. The molecule has 0 aromatic heterocycles. The van der Waals surface area contributed by atoms with Crippen molar-refractivity contribution < 1.29 is 13.5 Å². The predicted octanol–water partition coefficient (Wildman–Crippen LogP) is 4.62. The van der Waals surface area contributed by atoms with Crippen LogP contribution < -0.4 is 4.74 Å². The summed E-state index contributed by atoms with van der Waals surface area (Å²) >= 11 is 0.586. The molecule has 100 valence electrons. The van der Waals surface area contributed by atoms with E-state index in [0.717, 1.165) is 0 Å². The topological polar surface area (TPSA) is 9.23 Å². The molecule has 0 radical (unpaired) electrons. The molecule has 0 saturated carbocycles. The van der Waals surface area contributed by atoms with Gasteiger partial charge >= 0.3 is 5.25 Å². The molecule has 2 aromatic rings. The smallest absolute Gasteiger partial charge is 0.302 e. The molecular weight excluding hydrogens is 266 g/mol. The summed E-state index contributed by atoms with van der Waals surface area (Å²) < 4.78 is 32.8. The number of thioether (sulfide) groups is 1. The minimum Gasteiger partial charge on any atom is -0.497 e. The van der Waals surface area contributed by atoms with Crippen LogP contribution in [0, 0.1) is 0 Å². The van der Waals surface area contributed by atoms with Gasteiger partial charge in [-0.05, 0) is 29.8 Å².